The van der Waals surface area contributed by atoms with Crippen molar-refractivity contribution in [3.63, 3.8) is 0 Å². The van der Waals surface area contributed by atoms with E-state index < -0.39 is 0 Å². The number of rotatable bonds is 3. The first-order valence-corrected chi connectivity index (χ1v) is 5.84. The zero-order valence-corrected chi connectivity index (χ0v) is 10.0. The van der Waals surface area contributed by atoms with E-state index in [0.29, 0.717) is 12.4 Å². The predicted octanol–water partition coefficient (Wildman–Crippen LogP) is 0.497. The van der Waals surface area contributed by atoms with Crippen molar-refractivity contribution in [3.05, 3.63) is 18.3 Å². The highest BCUT2D eigenvalue weighted by atomic mass is 16.5. The molecule has 2 rings (SSSR count). The van der Waals surface area contributed by atoms with Gasteiger partial charge in [-0.25, -0.2) is 4.98 Å². The van der Waals surface area contributed by atoms with Crippen LogP contribution in [0.25, 0.3) is 0 Å². The summed E-state index contributed by atoms with van der Waals surface area (Å²) in [4.78, 5) is 6.30. The van der Waals surface area contributed by atoms with Gasteiger partial charge in [-0.1, -0.05) is 0 Å². The number of anilines is 2. The smallest absolute Gasteiger partial charge is 0.123 e. The molecule has 2 atom stereocenters. The predicted molar refractivity (Wildman–Crippen MR) is 66.9 cm³/mol. The lowest BCUT2D eigenvalue weighted by Gasteiger charge is -2.37. The molecule has 2 unspecified atom stereocenters. The van der Waals surface area contributed by atoms with Crippen LogP contribution in [0.1, 0.15) is 6.42 Å². The molecule has 0 aromatic carbocycles. The van der Waals surface area contributed by atoms with E-state index in [9.17, 15) is 5.11 Å². The maximum absolute atomic E-state index is 9.87. The SMILES string of the molecule is COCC1CN(c2ccc(N)nc2)CCC1O. The van der Waals surface area contributed by atoms with Crippen LogP contribution in [0.4, 0.5) is 11.5 Å². The minimum absolute atomic E-state index is 0.159. The molecule has 1 saturated heterocycles. The Labute approximate surface area is 101 Å². The molecule has 2 heterocycles. The number of aromatic nitrogens is 1. The lowest BCUT2D eigenvalue weighted by atomic mass is 9.95. The third-order valence-corrected chi connectivity index (χ3v) is 3.21. The second kappa shape index (κ2) is 5.33. The van der Waals surface area contributed by atoms with E-state index in [1.807, 2.05) is 6.07 Å². The fraction of sp³-hybridized carbons (Fsp3) is 0.583. The Kier molecular flexibility index (Phi) is 3.81. The third kappa shape index (κ3) is 2.87. The number of nitrogens with zero attached hydrogens (tertiary/aromatic N) is 2. The molecule has 0 aliphatic carbocycles. The summed E-state index contributed by atoms with van der Waals surface area (Å²) in [5.74, 6) is 0.686. The van der Waals surface area contributed by atoms with E-state index in [2.05, 4.69) is 9.88 Å². The minimum atomic E-state index is -0.270. The Hall–Kier alpha value is -1.33. The van der Waals surface area contributed by atoms with Gasteiger partial charge < -0.3 is 20.5 Å². The molecule has 0 spiro atoms. The van der Waals surface area contributed by atoms with Gasteiger partial charge in [0, 0.05) is 26.1 Å². The molecule has 1 fully saturated rings. The summed E-state index contributed by atoms with van der Waals surface area (Å²) in [6.45, 7) is 2.22. The third-order valence-electron chi connectivity index (χ3n) is 3.21. The monoisotopic (exact) mass is 237 g/mol. The second-order valence-electron chi connectivity index (χ2n) is 4.46. The Morgan fingerprint density at radius 2 is 2.41 bits per heavy atom. The first-order valence-electron chi connectivity index (χ1n) is 5.84. The van der Waals surface area contributed by atoms with E-state index in [4.69, 9.17) is 10.5 Å². The Balaban J connectivity index is 2.04. The largest absolute Gasteiger partial charge is 0.393 e. The van der Waals surface area contributed by atoms with Gasteiger partial charge >= 0.3 is 0 Å². The van der Waals surface area contributed by atoms with Crippen LogP contribution in [0.2, 0.25) is 0 Å². The molecular formula is C12H19N3O2. The summed E-state index contributed by atoms with van der Waals surface area (Å²) >= 11 is 0. The normalized spacial score (nSPS) is 24.9. The summed E-state index contributed by atoms with van der Waals surface area (Å²) in [5, 5.41) is 9.87. The van der Waals surface area contributed by atoms with Crippen molar-refractivity contribution in [1.29, 1.82) is 0 Å². The highest BCUT2D eigenvalue weighted by Crippen LogP contribution is 2.23. The summed E-state index contributed by atoms with van der Waals surface area (Å²) in [5.41, 5.74) is 6.61. The molecule has 1 aliphatic rings. The summed E-state index contributed by atoms with van der Waals surface area (Å²) in [6.07, 6.45) is 2.27. The number of pyridine rings is 1. The fourth-order valence-corrected chi connectivity index (χ4v) is 2.22. The summed E-state index contributed by atoms with van der Waals surface area (Å²) < 4.78 is 5.13. The number of nitrogens with two attached hydrogens (primary N) is 1. The van der Waals surface area contributed by atoms with Crippen molar-refractivity contribution in [1.82, 2.24) is 4.98 Å². The van der Waals surface area contributed by atoms with Crippen LogP contribution in [0.5, 0.6) is 0 Å². The zero-order valence-electron chi connectivity index (χ0n) is 10.0. The van der Waals surface area contributed by atoms with Gasteiger partial charge in [-0.3, -0.25) is 0 Å². The first-order chi connectivity index (χ1) is 8.20. The van der Waals surface area contributed by atoms with Crippen molar-refractivity contribution in [3.8, 4) is 0 Å². The van der Waals surface area contributed by atoms with Gasteiger partial charge in [0.05, 0.1) is 24.6 Å². The maximum Gasteiger partial charge on any atom is 0.123 e. The fourth-order valence-electron chi connectivity index (χ4n) is 2.22. The number of nitrogen functional groups attached to an aromatic ring is 1. The highest BCUT2D eigenvalue weighted by molar-refractivity contribution is 5.48. The molecule has 1 aliphatic heterocycles. The first kappa shape index (κ1) is 12.1. The van der Waals surface area contributed by atoms with Crippen molar-refractivity contribution >= 4 is 11.5 Å². The van der Waals surface area contributed by atoms with E-state index in [0.717, 1.165) is 25.2 Å². The summed E-state index contributed by atoms with van der Waals surface area (Å²) in [6, 6.07) is 3.76. The molecule has 5 nitrogen and oxygen atoms in total. The number of aliphatic hydroxyl groups excluding tert-OH is 1. The molecule has 0 amide bonds. The van der Waals surface area contributed by atoms with Gasteiger partial charge in [-0.05, 0) is 18.6 Å². The Morgan fingerprint density at radius 3 is 3.06 bits per heavy atom. The quantitative estimate of drug-likeness (QED) is 0.801. The van der Waals surface area contributed by atoms with E-state index in [1.54, 1.807) is 19.4 Å². The topological polar surface area (TPSA) is 71.6 Å². The molecule has 94 valence electrons. The molecular weight excluding hydrogens is 218 g/mol. The van der Waals surface area contributed by atoms with Gasteiger partial charge in [0.2, 0.25) is 0 Å². The lowest BCUT2D eigenvalue weighted by Crippen LogP contribution is -2.45. The second-order valence-corrected chi connectivity index (χ2v) is 4.46. The van der Waals surface area contributed by atoms with Crippen molar-refractivity contribution in [2.45, 2.75) is 12.5 Å². The van der Waals surface area contributed by atoms with E-state index in [-0.39, 0.29) is 12.0 Å². The molecule has 0 saturated carbocycles. The van der Waals surface area contributed by atoms with Crippen molar-refractivity contribution < 1.29 is 9.84 Å². The van der Waals surface area contributed by atoms with Gasteiger partial charge in [0.15, 0.2) is 0 Å². The summed E-state index contributed by atoms with van der Waals surface area (Å²) in [7, 11) is 1.66. The minimum Gasteiger partial charge on any atom is -0.393 e. The Bertz CT molecular complexity index is 355. The Morgan fingerprint density at radius 1 is 1.59 bits per heavy atom. The lowest BCUT2D eigenvalue weighted by molar-refractivity contribution is 0.0359. The van der Waals surface area contributed by atoms with Crippen LogP contribution in [-0.2, 0) is 4.74 Å². The van der Waals surface area contributed by atoms with Crippen LogP contribution >= 0.6 is 0 Å². The number of aliphatic hydroxyl groups is 1. The van der Waals surface area contributed by atoms with E-state index in [1.165, 1.54) is 0 Å². The molecule has 0 bridgehead atoms. The van der Waals surface area contributed by atoms with Crippen LogP contribution in [0, 0.1) is 5.92 Å². The van der Waals surface area contributed by atoms with Crippen LogP contribution in [0.3, 0.4) is 0 Å². The molecule has 3 N–H and O–H groups in total. The van der Waals surface area contributed by atoms with Gasteiger partial charge in [0.1, 0.15) is 5.82 Å². The number of hydrogen-bond donors (Lipinski definition) is 2. The number of methoxy groups -OCH3 is 1. The number of ether oxygens (including phenoxy) is 1. The number of hydrogen-bond acceptors (Lipinski definition) is 5. The van der Waals surface area contributed by atoms with Crippen LogP contribution in [0.15, 0.2) is 18.3 Å². The average molecular weight is 237 g/mol. The molecule has 1 aromatic heterocycles. The molecule has 1 aromatic rings. The van der Waals surface area contributed by atoms with Crippen molar-refractivity contribution in [2.24, 2.45) is 5.92 Å². The van der Waals surface area contributed by atoms with Crippen LogP contribution in [-0.4, -0.2) is 43.0 Å². The van der Waals surface area contributed by atoms with Gasteiger partial charge in [-0.2, -0.15) is 0 Å². The average Bonchev–Trinajstić information content (AvgIpc) is 2.33. The zero-order chi connectivity index (χ0) is 12.3. The highest BCUT2D eigenvalue weighted by Gasteiger charge is 2.27. The van der Waals surface area contributed by atoms with E-state index >= 15 is 0 Å². The number of piperidine rings is 1. The molecule has 5 heteroatoms. The van der Waals surface area contributed by atoms with Crippen molar-refractivity contribution in [2.75, 3.05) is 37.4 Å². The van der Waals surface area contributed by atoms with Gasteiger partial charge in [0.25, 0.3) is 0 Å². The molecule has 0 radical (unpaired) electrons. The van der Waals surface area contributed by atoms with Gasteiger partial charge in [-0.15, -0.1) is 0 Å². The maximum atomic E-state index is 9.87. The van der Waals surface area contributed by atoms with Crippen LogP contribution < -0.4 is 10.6 Å². The standard InChI is InChI=1S/C12H19N3O2/c1-17-8-9-7-15(5-4-11(9)16)10-2-3-12(13)14-6-10/h2-3,6,9,11,16H,4-5,7-8H2,1H3,(H2,13,14). The molecule has 17 heavy (non-hydrogen) atoms.